The average Bonchev–Trinajstić information content (AvgIpc) is 3.21. The number of carbonyl (C=O) groups is 1. The highest BCUT2D eigenvalue weighted by atomic mass is 35.5. The summed E-state index contributed by atoms with van der Waals surface area (Å²) in [6.45, 7) is 1.52. The van der Waals surface area contributed by atoms with E-state index >= 15 is 0 Å². The third-order valence-electron chi connectivity index (χ3n) is 4.80. The molecule has 28 heavy (non-hydrogen) atoms. The third kappa shape index (κ3) is 4.32. The summed E-state index contributed by atoms with van der Waals surface area (Å²) in [6.07, 6.45) is 1.91. The van der Waals surface area contributed by atoms with Gasteiger partial charge in [0.2, 0.25) is 10.0 Å². The van der Waals surface area contributed by atoms with E-state index in [0.29, 0.717) is 23.9 Å². The van der Waals surface area contributed by atoms with E-state index in [4.69, 9.17) is 16.3 Å². The molecular formula is C20H23ClN2O4S. The van der Waals surface area contributed by atoms with E-state index in [0.717, 1.165) is 18.4 Å². The first-order chi connectivity index (χ1) is 13.3. The number of nitrogens with zero attached hydrogens (tertiary/aromatic N) is 2. The van der Waals surface area contributed by atoms with Gasteiger partial charge in [-0.05, 0) is 48.7 Å². The number of methoxy groups -OCH3 is 1. The van der Waals surface area contributed by atoms with Crippen LogP contribution in [0.1, 0.15) is 28.8 Å². The van der Waals surface area contributed by atoms with Gasteiger partial charge < -0.3 is 9.64 Å². The van der Waals surface area contributed by atoms with Gasteiger partial charge in [-0.2, -0.15) is 4.31 Å². The fraction of sp³-hybridized carbons (Fsp3) is 0.350. The molecule has 0 aromatic heterocycles. The predicted octanol–water partition coefficient (Wildman–Crippen LogP) is 3.41. The van der Waals surface area contributed by atoms with Crippen molar-refractivity contribution in [2.75, 3.05) is 27.2 Å². The molecule has 6 nitrogen and oxygen atoms in total. The van der Waals surface area contributed by atoms with E-state index in [2.05, 4.69) is 0 Å². The van der Waals surface area contributed by atoms with Crippen LogP contribution in [0.3, 0.4) is 0 Å². The molecule has 0 aliphatic carbocycles. The van der Waals surface area contributed by atoms with Crippen LogP contribution < -0.4 is 4.74 Å². The Morgan fingerprint density at radius 1 is 1.18 bits per heavy atom. The second kappa shape index (κ2) is 8.51. The van der Waals surface area contributed by atoms with Crippen LogP contribution in [0, 0.1) is 0 Å². The van der Waals surface area contributed by atoms with E-state index < -0.39 is 10.0 Å². The van der Waals surface area contributed by atoms with Gasteiger partial charge in [0.05, 0.1) is 17.6 Å². The van der Waals surface area contributed by atoms with Crippen LogP contribution in [0.2, 0.25) is 5.02 Å². The Labute approximate surface area is 170 Å². The molecule has 1 saturated heterocycles. The molecule has 0 unspecified atom stereocenters. The summed E-state index contributed by atoms with van der Waals surface area (Å²) < 4.78 is 32.6. The summed E-state index contributed by atoms with van der Waals surface area (Å²) in [4.78, 5) is 14.6. The molecule has 0 saturated carbocycles. The van der Waals surface area contributed by atoms with Gasteiger partial charge in [-0.1, -0.05) is 23.7 Å². The minimum Gasteiger partial charge on any atom is -0.496 e. The standard InChI is InChI=1S/C20H23ClN2O4S/c1-22(14-15-6-5-7-16(21)12-15)28(25,26)17-8-9-19(27-2)18(13-17)20(24)23-10-3-4-11-23/h5-9,12-13H,3-4,10-11,14H2,1-2H3. The summed E-state index contributed by atoms with van der Waals surface area (Å²) in [5, 5.41) is 0.547. The van der Waals surface area contributed by atoms with Crippen molar-refractivity contribution in [2.45, 2.75) is 24.3 Å². The van der Waals surface area contributed by atoms with Crippen molar-refractivity contribution in [3.63, 3.8) is 0 Å². The fourth-order valence-corrected chi connectivity index (χ4v) is 4.66. The molecule has 8 heteroatoms. The Balaban J connectivity index is 1.90. The molecule has 0 atom stereocenters. The number of carbonyl (C=O) groups excluding carboxylic acids is 1. The maximum absolute atomic E-state index is 13.0. The summed E-state index contributed by atoms with van der Waals surface area (Å²) in [7, 11) is -0.820. The normalized spacial score (nSPS) is 14.5. The molecule has 0 N–H and O–H groups in total. The molecule has 150 valence electrons. The molecule has 1 heterocycles. The zero-order valence-electron chi connectivity index (χ0n) is 15.9. The lowest BCUT2D eigenvalue weighted by Gasteiger charge is -2.20. The lowest BCUT2D eigenvalue weighted by Crippen LogP contribution is -2.29. The second-order valence-corrected chi connectivity index (χ2v) is 9.23. The van der Waals surface area contributed by atoms with Crippen molar-refractivity contribution in [3.05, 3.63) is 58.6 Å². The summed E-state index contributed by atoms with van der Waals surface area (Å²) >= 11 is 5.99. The predicted molar refractivity (Wildman–Crippen MR) is 108 cm³/mol. The number of likely N-dealkylation sites (tertiary alicyclic amines) is 1. The maximum Gasteiger partial charge on any atom is 0.257 e. The molecule has 0 bridgehead atoms. The minimum atomic E-state index is -3.79. The first-order valence-electron chi connectivity index (χ1n) is 9.01. The van der Waals surface area contributed by atoms with Crippen molar-refractivity contribution >= 4 is 27.5 Å². The van der Waals surface area contributed by atoms with E-state index in [1.54, 1.807) is 23.1 Å². The smallest absolute Gasteiger partial charge is 0.257 e. The van der Waals surface area contributed by atoms with Crippen LogP contribution in [0.25, 0.3) is 0 Å². The van der Waals surface area contributed by atoms with E-state index in [1.807, 2.05) is 6.07 Å². The lowest BCUT2D eigenvalue weighted by molar-refractivity contribution is 0.0789. The Morgan fingerprint density at radius 3 is 2.54 bits per heavy atom. The molecule has 0 radical (unpaired) electrons. The zero-order valence-corrected chi connectivity index (χ0v) is 17.5. The topological polar surface area (TPSA) is 66.9 Å². The summed E-state index contributed by atoms with van der Waals surface area (Å²) in [5.41, 5.74) is 1.04. The molecule has 2 aromatic carbocycles. The number of benzene rings is 2. The van der Waals surface area contributed by atoms with Gasteiger partial charge in [0.25, 0.3) is 5.91 Å². The van der Waals surface area contributed by atoms with Crippen LogP contribution in [0.5, 0.6) is 5.75 Å². The Hall–Kier alpha value is -2.09. The van der Waals surface area contributed by atoms with Gasteiger partial charge in [-0.15, -0.1) is 0 Å². The number of amides is 1. The maximum atomic E-state index is 13.0. The average molecular weight is 423 g/mol. The quantitative estimate of drug-likeness (QED) is 0.715. The highest BCUT2D eigenvalue weighted by Gasteiger charge is 2.27. The van der Waals surface area contributed by atoms with Crippen LogP contribution >= 0.6 is 11.6 Å². The van der Waals surface area contributed by atoms with Crippen molar-refractivity contribution in [3.8, 4) is 5.75 Å². The molecular weight excluding hydrogens is 400 g/mol. The van der Waals surface area contributed by atoms with Gasteiger partial charge in [-0.3, -0.25) is 4.79 Å². The Kier molecular flexibility index (Phi) is 6.27. The molecule has 1 aliphatic rings. The third-order valence-corrected chi connectivity index (χ3v) is 6.83. The highest BCUT2D eigenvalue weighted by Crippen LogP contribution is 2.27. The van der Waals surface area contributed by atoms with Gasteiger partial charge in [0.15, 0.2) is 0 Å². The van der Waals surface area contributed by atoms with Crippen LogP contribution in [0.4, 0.5) is 0 Å². The summed E-state index contributed by atoms with van der Waals surface area (Å²) in [5.74, 6) is 0.164. The van der Waals surface area contributed by atoms with E-state index in [-0.39, 0.29) is 22.9 Å². The summed E-state index contributed by atoms with van der Waals surface area (Å²) in [6, 6.07) is 11.5. The molecule has 1 aliphatic heterocycles. The minimum absolute atomic E-state index is 0.0559. The SMILES string of the molecule is COc1ccc(S(=O)(=O)N(C)Cc2cccc(Cl)c2)cc1C(=O)N1CCCC1. The van der Waals surface area contributed by atoms with Crippen LogP contribution in [0.15, 0.2) is 47.4 Å². The molecule has 2 aromatic rings. The van der Waals surface area contributed by atoms with Crippen molar-refractivity contribution in [1.82, 2.24) is 9.21 Å². The number of ether oxygens (including phenoxy) is 1. The first kappa shape index (κ1) is 20.6. The van der Waals surface area contributed by atoms with Crippen molar-refractivity contribution < 1.29 is 17.9 Å². The van der Waals surface area contributed by atoms with E-state index in [9.17, 15) is 13.2 Å². The van der Waals surface area contributed by atoms with Crippen molar-refractivity contribution in [1.29, 1.82) is 0 Å². The van der Waals surface area contributed by atoms with Crippen molar-refractivity contribution in [2.24, 2.45) is 0 Å². The number of hydrogen-bond acceptors (Lipinski definition) is 4. The highest BCUT2D eigenvalue weighted by molar-refractivity contribution is 7.89. The zero-order chi connectivity index (χ0) is 20.3. The second-order valence-electron chi connectivity index (χ2n) is 6.75. The number of hydrogen-bond donors (Lipinski definition) is 0. The van der Waals surface area contributed by atoms with Gasteiger partial charge >= 0.3 is 0 Å². The number of rotatable bonds is 6. The van der Waals surface area contributed by atoms with Gasteiger partial charge in [0.1, 0.15) is 5.75 Å². The van der Waals surface area contributed by atoms with Gasteiger partial charge in [0, 0.05) is 31.7 Å². The first-order valence-corrected chi connectivity index (χ1v) is 10.8. The molecule has 1 fully saturated rings. The monoisotopic (exact) mass is 422 g/mol. The largest absolute Gasteiger partial charge is 0.496 e. The molecule has 3 rings (SSSR count). The number of halogens is 1. The molecule has 0 spiro atoms. The van der Waals surface area contributed by atoms with Crippen LogP contribution in [-0.2, 0) is 16.6 Å². The Morgan fingerprint density at radius 2 is 1.89 bits per heavy atom. The lowest BCUT2D eigenvalue weighted by atomic mass is 10.1. The number of sulfonamides is 1. The van der Waals surface area contributed by atoms with Crippen LogP contribution in [-0.4, -0.2) is 50.8 Å². The molecule has 1 amide bonds. The van der Waals surface area contributed by atoms with Gasteiger partial charge in [-0.25, -0.2) is 8.42 Å². The Bertz CT molecular complexity index is 972. The van der Waals surface area contributed by atoms with E-state index in [1.165, 1.54) is 36.7 Å². The fourth-order valence-electron chi connectivity index (χ4n) is 3.26.